The van der Waals surface area contributed by atoms with E-state index in [1.807, 2.05) is 6.07 Å². The minimum absolute atomic E-state index is 0.734. The van der Waals surface area contributed by atoms with Crippen LogP contribution in [0.15, 0.2) is 61.1 Å². The number of imidazole rings is 1. The van der Waals surface area contributed by atoms with E-state index in [-0.39, 0.29) is 0 Å². The van der Waals surface area contributed by atoms with Gasteiger partial charge in [-0.3, -0.25) is 0 Å². The van der Waals surface area contributed by atoms with Gasteiger partial charge in [0.2, 0.25) is 5.52 Å². The van der Waals surface area contributed by atoms with E-state index in [4.69, 9.17) is 9.47 Å². The molecule has 168 valence electrons. The molecule has 1 N–H and O–H groups in total. The van der Waals surface area contributed by atoms with E-state index in [2.05, 4.69) is 84.1 Å². The first-order valence-electron chi connectivity index (χ1n) is 11.3. The number of hydrogen-bond acceptors (Lipinski definition) is 3. The molecule has 5 heteroatoms. The van der Waals surface area contributed by atoms with Crippen LogP contribution in [0.5, 0.6) is 11.5 Å². The van der Waals surface area contributed by atoms with Crippen molar-refractivity contribution in [1.29, 1.82) is 0 Å². The van der Waals surface area contributed by atoms with Crippen molar-refractivity contribution in [2.24, 2.45) is 7.05 Å². The third-order valence-corrected chi connectivity index (χ3v) is 7.07. The molecule has 0 atom stereocenters. The summed E-state index contributed by atoms with van der Waals surface area (Å²) in [5.74, 6) is 1.49. The van der Waals surface area contributed by atoms with Crippen LogP contribution in [0.2, 0.25) is 0 Å². The molecule has 34 heavy (non-hydrogen) atoms. The fourth-order valence-corrected chi connectivity index (χ4v) is 5.33. The Morgan fingerprint density at radius 1 is 0.824 bits per heavy atom. The van der Waals surface area contributed by atoms with Crippen LogP contribution in [-0.2, 0) is 7.05 Å². The second-order valence-corrected chi connectivity index (χ2v) is 8.89. The van der Waals surface area contributed by atoms with Crippen LogP contribution in [0.3, 0.4) is 0 Å². The number of nitrogens with zero attached hydrogens (tertiary/aromatic N) is 2. The quantitative estimate of drug-likeness (QED) is 0.261. The molecule has 0 aliphatic carbocycles. The molecule has 0 aliphatic rings. The van der Waals surface area contributed by atoms with Crippen LogP contribution in [0, 0.1) is 13.8 Å². The van der Waals surface area contributed by atoms with Crippen molar-refractivity contribution in [3.8, 4) is 22.6 Å². The molecule has 6 rings (SSSR count). The predicted molar refractivity (Wildman–Crippen MR) is 138 cm³/mol. The Morgan fingerprint density at radius 2 is 1.62 bits per heavy atom. The standard InChI is InChI=1S/C29H26N3O2/c1-16-12-22-20(27(17(16)2)18-6-10-24-25(13-18)31-15-30-24)7-8-21-19-9-11-26(33-4)29(34-5)23(19)14-32(3)28(21)22/h6-15H,1-5H3,(H,30,31)/q+1. The second kappa shape index (κ2) is 7.45. The highest BCUT2D eigenvalue weighted by molar-refractivity contribution is 6.17. The molecule has 2 heterocycles. The van der Waals surface area contributed by atoms with Crippen molar-refractivity contribution < 1.29 is 14.0 Å². The van der Waals surface area contributed by atoms with Gasteiger partial charge in [0.15, 0.2) is 17.7 Å². The zero-order valence-corrected chi connectivity index (χ0v) is 20.0. The number of fused-ring (bicyclic) bond motifs is 6. The first-order chi connectivity index (χ1) is 16.5. The van der Waals surface area contributed by atoms with Gasteiger partial charge in [0.25, 0.3) is 0 Å². The van der Waals surface area contributed by atoms with E-state index >= 15 is 0 Å². The number of benzene rings is 4. The minimum atomic E-state index is 0.734. The molecule has 0 saturated heterocycles. The van der Waals surface area contributed by atoms with Crippen molar-refractivity contribution in [1.82, 2.24) is 9.97 Å². The molecule has 2 aromatic heterocycles. The van der Waals surface area contributed by atoms with Crippen LogP contribution in [0.4, 0.5) is 0 Å². The van der Waals surface area contributed by atoms with Crippen LogP contribution in [0.25, 0.3) is 54.6 Å². The molecule has 0 bridgehead atoms. The second-order valence-electron chi connectivity index (χ2n) is 8.89. The van der Waals surface area contributed by atoms with Gasteiger partial charge in [-0.05, 0) is 77.9 Å². The SMILES string of the molecule is COc1ccc2c(c[n+](C)c3c4cc(C)c(C)c(-c5ccc6nc[nH]c6c5)c4ccc23)c1OC. The Morgan fingerprint density at radius 3 is 2.41 bits per heavy atom. The maximum atomic E-state index is 5.73. The average Bonchev–Trinajstić information content (AvgIpc) is 3.31. The number of rotatable bonds is 3. The fraction of sp³-hybridized carbons (Fsp3) is 0.172. The van der Waals surface area contributed by atoms with E-state index in [9.17, 15) is 0 Å². The van der Waals surface area contributed by atoms with Gasteiger partial charge in [0.1, 0.15) is 7.05 Å². The van der Waals surface area contributed by atoms with Crippen LogP contribution in [-0.4, -0.2) is 24.2 Å². The van der Waals surface area contributed by atoms with Gasteiger partial charge in [-0.15, -0.1) is 0 Å². The van der Waals surface area contributed by atoms with Crippen molar-refractivity contribution in [3.05, 3.63) is 72.2 Å². The predicted octanol–water partition coefficient (Wildman–Crippen LogP) is 6.15. The largest absolute Gasteiger partial charge is 0.493 e. The average molecular weight is 449 g/mol. The molecule has 0 radical (unpaired) electrons. The molecular formula is C29H26N3O2+. The number of hydrogen-bond donors (Lipinski definition) is 1. The lowest BCUT2D eigenvalue weighted by Gasteiger charge is -2.16. The van der Waals surface area contributed by atoms with Crippen LogP contribution >= 0.6 is 0 Å². The van der Waals surface area contributed by atoms with Gasteiger partial charge in [-0.25, -0.2) is 4.98 Å². The van der Waals surface area contributed by atoms with Gasteiger partial charge in [-0.1, -0.05) is 12.1 Å². The normalized spacial score (nSPS) is 11.7. The summed E-state index contributed by atoms with van der Waals surface area (Å²) >= 11 is 0. The Balaban J connectivity index is 1.74. The first-order valence-corrected chi connectivity index (χ1v) is 11.3. The molecular weight excluding hydrogens is 422 g/mol. The van der Waals surface area contributed by atoms with E-state index in [0.717, 1.165) is 33.3 Å². The third-order valence-electron chi connectivity index (χ3n) is 7.07. The number of pyridine rings is 1. The summed E-state index contributed by atoms with van der Waals surface area (Å²) < 4.78 is 13.5. The van der Waals surface area contributed by atoms with Gasteiger partial charge in [0, 0.05) is 5.39 Å². The Hall–Kier alpha value is -4.12. The molecule has 0 amide bonds. The zero-order chi connectivity index (χ0) is 23.6. The highest BCUT2D eigenvalue weighted by Gasteiger charge is 2.21. The number of methoxy groups -OCH3 is 2. The number of nitrogens with one attached hydrogen (secondary N) is 1. The summed E-state index contributed by atoms with van der Waals surface area (Å²) in [5.41, 5.74) is 8.24. The summed E-state index contributed by atoms with van der Waals surface area (Å²) in [6.07, 6.45) is 3.89. The van der Waals surface area contributed by atoms with Gasteiger partial charge >= 0.3 is 0 Å². The minimum Gasteiger partial charge on any atom is -0.493 e. The van der Waals surface area contributed by atoms with Crippen molar-refractivity contribution in [2.75, 3.05) is 14.2 Å². The van der Waals surface area contributed by atoms with Crippen molar-refractivity contribution >= 4 is 43.5 Å². The van der Waals surface area contributed by atoms with Gasteiger partial charge in [-0.2, -0.15) is 4.57 Å². The maximum absolute atomic E-state index is 5.73. The molecule has 5 nitrogen and oxygen atoms in total. The Bertz CT molecular complexity index is 1770. The van der Waals surface area contributed by atoms with E-state index in [1.54, 1.807) is 20.5 Å². The highest BCUT2D eigenvalue weighted by Crippen LogP contribution is 2.41. The molecule has 0 fully saturated rings. The van der Waals surface area contributed by atoms with Crippen molar-refractivity contribution in [2.45, 2.75) is 13.8 Å². The Labute approximate surface area is 197 Å². The zero-order valence-electron chi connectivity index (χ0n) is 20.0. The number of aromatic nitrogens is 3. The third kappa shape index (κ3) is 2.80. The molecule has 0 saturated carbocycles. The topological polar surface area (TPSA) is 51.0 Å². The summed E-state index contributed by atoms with van der Waals surface area (Å²) in [6.45, 7) is 4.41. The smallest absolute Gasteiger partial charge is 0.220 e. The summed E-state index contributed by atoms with van der Waals surface area (Å²) in [5, 5.41) is 5.84. The summed E-state index contributed by atoms with van der Waals surface area (Å²) in [6, 6.07) is 17.4. The lowest BCUT2D eigenvalue weighted by molar-refractivity contribution is -0.642. The lowest BCUT2D eigenvalue weighted by atomic mass is 9.89. The van der Waals surface area contributed by atoms with E-state index < -0.39 is 0 Å². The number of H-pyrrole nitrogens is 1. The van der Waals surface area contributed by atoms with Crippen LogP contribution in [0.1, 0.15) is 11.1 Å². The Kier molecular flexibility index (Phi) is 4.49. The monoisotopic (exact) mass is 448 g/mol. The van der Waals surface area contributed by atoms with Gasteiger partial charge < -0.3 is 14.5 Å². The molecule has 0 aliphatic heterocycles. The fourth-order valence-electron chi connectivity index (χ4n) is 5.33. The molecule has 6 aromatic rings. The van der Waals surface area contributed by atoms with Crippen molar-refractivity contribution in [3.63, 3.8) is 0 Å². The highest BCUT2D eigenvalue weighted by atomic mass is 16.5. The molecule has 0 spiro atoms. The van der Waals surface area contributed by atoms with Crippen LogP contribution < -0.4 is 14.0 Å². The number of aromatic amines is 1. The van der Waals surface area contributed by atoms with Gasteiger partial charge in [0.05, 0.1) is 47.7 Å². The van der Waals surface area contributed by atoms with E-state index in [1.165, 1.54) is 43.9 Å². The summed E-state index contributed by atoms with van der Waals surface area (Å²) in [7, 11) is 5.47. The molecule has 0 unspecified atom stereocenters. The summed E-state index contributed by atoms with van der Waals surface area (Å²) in [4.78, 5) is 7.64. The number of ether oxygens (including phenoxy) is 2. The maximum Gasteiger partial charge on any atom is 0.220 e. The lowest BCUT2D eigenvalue weighted by Crippen LogP contribution is -2.28. The van der Waals surface area contributed by atoms with E-state index in [0.29, 0.717) is 0 Å². The molecule has 4 aromatic carbocycles. The number of aryl methyl sites for hydroxylation is 2. The first kappa shape index (κ1) is 20.5.